The Balaban J connectivity index is 1.78. The van der Waals surface area contributed by atoms with Crippen molar-refractivity contribution in [1.82, 2.24) is 0 Å². The van der Waals surface area contributed by atoms with Gasteiger partial charge in [0, 0.05) is 18.2 Å². The SMILES string of the molecule is CCCCC(CC)COC(=O)CC1CNc2ccccc21. The average molecular weight is 289 g/mol. The number of carbonyl (C=O) groups excluding carboxylic acids is 1. The molecule has 1 aromatic rings. The standard InChI is InChI=1S/C18H27NO2/c1-3-5-8-14(4-2)13-21-18(20)11-15-12-19-17-10-7-6-9-16(15)17/h6-7,9-10,14-15,19H,3-5,8,11-13H2,1-2H3. The van der Waals surface area contributed by atoms with Gasteiger partial charge >= 0.3 is 5.97 Å². The van der Waals surface area contributed by atoms with E-state index in [1.54, 1.807) is 0 Å². The van der Waals surface area contributed by atoms with Crippen LogP contribution < -0.4 is 5.32 Å². The van der Waals surface area contributed by atoms with Crippen LogP contribution in [0.3, 0.4) is 0 Å². The van der Waals surface area contributed by atoms with Crippen molar-refractivity contribution in [1.29, 1.82) is 0 Å². The highest BCUT2D eigenvalue weighted by atomic mass is 16.5. The third-order valence-electron chi connectivity index (χ3n) is 4.38. The van der Waals surface area contributed by atoms with Crippen molar-refractivity contribution in [2.75, 3.05) is 18.5 Å². The minimum absolute atomic E-state index is 0.0616. The number of nitrogens with one attached hydrogen (secondary N) is 1. The minimum Gasteiger partial charge on any atom is -0.465 e. The van der Waals surface area contributed by atoms with Gasteiger partial charge in [0.05, 0.1) is 13.0 Å². The maximum Gasteiger partial charge on any atom is 0.306 e. The number of hydrogen-bond acceptors (Lipinski definition) is 3. The number of para-hydroxylation sites is 1. The summed E-state index contributed by atoms with van der Waals surface area (Å²) in [4.78, 5) is 12.1. The Morgan fingerprint density at radius 1 is 1.38 bits per heavy atom. The van der Waals surface area contributed by atoms with Gasteiger partial charge in [0.2, 0.25) is 0 Å². The molecule has 1 aliphatic rings. The molecule has 1 heterocycles. The number of unbranched alkanes of at least 4 members (excludes halogenated alkanes) is 1. The van der Waals surface area contributed by atoms with E-state index in [1.807, 2.05) is 12.1 Å². The molecule has 2 atom stereocenters. The summed E-state index contributed by atoms with van der Waals surface area (Å²) < 4.78 is 5.50. The van der Waals surface area contributed by atoms with Crippen molar-refractivity contribution in [2.45, 2.75) is 51.9 Å². The Hall–Kier alpha value is -1.51. The number of rotatable bonds is 8. The molecule has 0 saturated carbocycles. The molecule has 1 N–H and O–H groups in total. The molecule has 1 aromatic carbocycles. The second-order valence-electron chi connectivity index (χ2n) is 5.97. The van der Waals surface area contributed by atoms with E-state index >= 15 is 0 Å². The van der Waals surface area contributed by atoms with Crippen molar-refractivity contribution >= 4 is 11.7 Å². The highest BCUT2D eigenvalue weighted by Crippen LogP contribution is 2.33. The van der Waals surface area contributed by atoms with Gasteiger partial charge in [-0.2, -0.15) is 0 Å². The van der Waals surface area contributed by atoms with Crippen LogP contribution in [-0.2, 0) is 9.53 Å². The number of ether oxygens (including phenoxy) is 1. The molecule has 0 fully saturated rings. The van der Waals surface area contributed by atoms with Crippen LogP contribution in [0.5, 0.6) is 0 Å². The van der Waals surface area contributed by atoms with E-state index in [-0.39, 0.29) is 11.9 Å². The monoisotopic (exact) mass is 289 g/mol. The van der Waals surface area contributed by atoms with Crippen LogP contribution in [0, 0.1) is 5.92 Å². The largest absolute Gasteiger partial charge is 0.465 e. The maximum atomic E-state index is 12.1. The molecule has 3 heteroatoms. The fourth-order valence-electron chi connectivity index (χ4n) is 2.91. The van der Waals surface area contributed by atoms with E-state index in [0.717, 1.165) is 25.1 Å². The molecule has 0 amide bonds. The first-order chi connectivity index (χ1) is 10.2. The first-order valence-corrected chi connectivity index (χ1v) is 8.23. The van der Waals surface area contributed by atoms with Crippen LogP contribution in [0.4, 0.5) is 5.69 Å². The zero-order valence-electron chi connectivity index (χ0n) is 13.2. The second-order valence-corrected chi connectivity index (χ2v) is 5.97. The zero-order chi connectivity index (χ0) is 15.1. The number of benzene rings is 1. The van der Waals surface area contributed by atoms with Gasteiger partial charge in [0.25, 0.3) is 0 Å². The molecule has 0 bridgehead atoms. The molecule has 2 unspecified atom stereocenters. The summed E-state index contributed by atoms with van der Waals surface area (Å²) in [6.45, 7) is 5.78. The van der Waals surface area contributed by atoms with Gasteiger partial charge in [-0.15, -0.1) is 0 Å². The lowest BCUT2D eigenvalue weighted by molar-refractivity contribution is -0.145. The van der Waals surface area contributed by atoms with Crippen LogP contribution in [0.15, 0.2) is 24.3 Å². The summed E-state index contributed by atoms with van der Waals surface area (Å²) in [7, 11) is 0. The summed E-state index contributed by atoms with van der Waals surface area (Å²) in [5.74, 6) is 0.709. The summed E-state index contributed by atoms with van der Waals surface area (Å²) in [6.07, 6.45) is 5.15. The van der Waals surface area contributed by atoms with Gasteiger partial charge in [-0.05, 0) is 24.0 Å². The van der Waals surface area contributed by atoms with E-state index in [2.05, 4.69) is 31.3 Å². The first-order valence-electron chi connectivity index (χ1n) is 8.23. The highest BCUT2D eigenvalue weighted by Gasteiger charge is 2.24. The Bertz CT molecular complexity index is 458. The van der Waals surface area contributed by atoms with Crippen molar-refractivity contribution < 1.29 is 9.53 Å². The van der Waals surface area contributed by atoms with Crippen LogP contribution in [0.25, 0.3) is 0 Å². The average Bonchev–Trinajstić information content (AvgIpc) is 2.91. The molecule has 0 spiro atoms. The number of hydrogen-bond donors (Lipinski definition) is 1. The molecular weight excluding hydrogens is 262 g/mol. The third-order valence-corrected chi connectivity index (χ3v) is 4.38. The maximum absolute atomic E-state index is 12.1. The number of anilines is 1. The topological polar surface area (TPSA) is 38.3 Å². The fourth-order valence-corrected chi connectivity index (χ4v) is 2.91. The van der Waals surface area contributed by atoms with E-state index in [4.69, 9.17) is 4.74 Å². The molecule has 116 valence electrons. The van der Waals surface area contributed by atoms with Crippen molar-refractivity contribution in [3.8, 4) is 0 Å². The van der Waals surface area contributed by atoms with Crippen molar-refractivity contribution in [2.24, 2.45) is 5.92 Å². The lowest BCUT2D eigenvalue weighted by Gasteiger charge is -2.16. The van der Waals surface area contributed by atoms with Gasteiger partial charge in [0.1, 0.15) is 0 Å². The summed E-state index contributed by atoms with van der Waals surface area (Å²) >= 11 is 0. The molecule has 21 heavy (non-hydrogen) atoms. The van der Waals surface area contributed by atoms with Crippen LogP contribution in [-0.4, -0.2) is 19.1 Å². The van der Waals surface area contributed by atoms with Gasteiger partial charge in [0.15, 0.2) is 0 Å². The lowest BCUT2D eigenvalue weighted by Crippen LogP contribution is -2.16. The normalized spacial score (nSPS) is 17.9. The molecular formula is C18H27NO2. The Labute approximate surface area is 128 Å². The van der Waals surface area contributed by atoms with Crippen molar-refractivity contribution in [3.63, 3.8) is 0 Å². The molecule has 2 rings (SSSR count). The van der Waals surface area contributed by atoms with E-state index in [0.29, 0.717) is 18.9 Å². The minimum atomic E-state index is -0.0616. The summed E-state index contributed by atoms with van der Waals surface area (Å²) in [5.41, 5.74) is 2.40. The molecule has 0 aromatic heterocycles. The molecule has 0 aliphatic carbocycles. The Morgan fingerprint density at radius 2 is 2.19 bits per heavy atom. The van der Waals surface area contributed by atoms with Gasteiger partial charge in [-0.1, -0.05) is 51.3 Å². The van der Waals surface area contributed by atoms with E-state index in [1.165, 1.54) is 18.4 Å². The lowest BCUT2D eigenvalue weighted by atomic mass is 9.98. The Kier molecular flexibility index (Phi) is 6.09. The molecule has 0 saturated heterocycles. The smallest absolute Gasteiger partial charge is 0.306 e. The first kappa shape index (κ1) is 15.9. The second kappa shape index (κ2) is 8.06. The zero-order valence-corrected chi connectivity index (χ0v) is 13.2. The highest BCUT2D eigenvalue weighted by molar-refractivity contribution is 5.72. The van der Waals surface area contributed by atoms with Gasteiger partial charge < -0.3 is 10.1 Å². The third kappa shape index (κ3) is 4.48. The van der Waals surface area contributed by atoms with E-state index in [9.17, 15) is 4.79 Å². The summed E-state index contributed by atoms with van der Waals surface area (Å²) in [6, 6.07) is 8.22. The summed E-state index contributed by atoms with van der Waals surface area (Å²) in [5, 5.41) is 3.35. The van der Waals surface area contributed by atoms with Crippen LogP contribution >= 0.6 is 0 Å². The quantitative estimate of drug-likeness (QED) is 0.723. The van der Waals surface area contributed by atoms with Crippen LogP contribution in [0.1, 0.15) is 57.4 Å². The number of esters is 1. The fraction of sp³-hybridized carbons (Fsp3) is 0.611. The number of fused-ring (bicyclic) bond motifs is 1. The molecule has 1 aliphatic heterocycles. The van der Waals surface area contributed by atoms with Gasteiger partial charge in [-0.3, -0.25) is 4.79 Å². The van der Waals surface area contributed by atoms with E-state index < -0.39 is 0 Å². The Morgan fingerprint density at radius 3 is 2.95 bits per heavy atom. The molecule has 0 radical (unpaired) electrons. The number of carbonyl (C=O) groups is 1. The molecule has 3 nitrogen and oxygen atoms in total. The predicted octanol–water partition coefficient (Wildman–Crippen LogP) is 4.35. The van der Waals surface area contributed by atoms with Crippen molar-refractivity contribution in [3.05, 3.63) is 29.8 Å². The van der Waals surface area contributed by atoms with Gasteiger partial charge in [-0.25, -0.2) is 0 Å². The predicted molar refractivity (Wildman–Crippen MR) is 86.6 cm³/mol. The van der Waals surface area contributed by atoms with Crippen LogP contribution in [0.2, 0.25) is 0 Å².